The predicted octanol–water partition coefficient (Wildman–Crippen LogP) is 5.00. The van der Waals surface area contributed by atoms with Crippen LogP contribution in [0.25, 0.3) is 0 Å². The second-order valence-electron chi connectivity index (χ2n) is 7.63. The molecule has 162 valence electrons. The first-order chi connectivity index (χ1) is 15.2. The largest absolute Gasteiger partial charge is 0.484 e. The number of pyridine rings is 1. The number of para-hydroxylation sites is 1. The molecule has 31 heavy (non-hydrogen) atoms. The summed E-state index contributed by atoms with van der Waals surface area (Å²) in [5.74, 6) is 1.27. The second kappa shape index (κ2) is 10.5. The number of nitrogens with zero attached hydrogens (tertiary/aromatic N) is 3. The van der Waals surface area contributed by atoms with Crippen LogP contribution in [0.5, 0.6) is 5.75 Å². The summed E-state index contributed by atoms with van der Waals surface area (Å²) in [6, 6.07) is 15.7. The van der Waals surface area contributed by atoms with Crippen molar-refractivity contribution in [2.24, 2.45) is 0 Å². The van der Waals surface area contributed by atoms with Crippen molar-refractivity contribution < 1.29 is 14.1 Å². The number of benzene rings is 1. The Hall–Kier alpha value is -2.80. The third-order valence-corrected chi connectivity index (χ3v) is 6.34. The van der Waals surface area contributed by atoms with Crippen LogP contribution in [-0.2, 0) is 13.0 Å². The van der Waals surface area contributed by atoms with Gasteiger partial charge in [-0.3, -0.25) is 9.78 Å². The van der Waals surface area contributed by atoms with Gasteiger partial charge < -0.3 is 14.2 Å². The van der Waals surface area contributed by atoms with Gasteiger partial charge in [-0.15, -0.1) is 11.8 Å². The molecule has 0 saturated carbocycles. The number of hydrogen-bond donors (Lipinski definition) is 0. The van der Waals surface area contributed by atoms with Crippen molar-refractivity contribution in [3.05, 3.63) is 71.9 Å². The summed E-state index contributed by atoms with van der Waals surface area (Å²) in [6.45, 7) is 0.993. The lowest BCUT2D eigenvalue weighted by atomic mass is 9.96. The Morgan fingerprint density at radius 3 is 2.94 bits per heavy atom. The van der Waals surface area contributed by atoms with E-state index >= 15 is 0 Å². The molecule has 6 nitrogen and oxygen atoms in total. The molecule has 1 aliphatic heterocycles. The van der Waals surface area contributed by atoms with Gasteiger partial charge in [-0.25, -0.2) is 0 Å². The van der Waals surface area contributed by atoms with E-state index in [4.69, 9.17) is 9.26 Å². The van der Waals surface area contributed by atoms with E-state index < -0.39 is 0 Å². The summed E-state index contributed by atoms with van der Waals surface area (Å²) < 4.78 is 11.3. The smallest absolute Gasteiger partial charge is 0.276 e. The second-order valence-corrected chi connectivity index (χ2v) is 8.47. The van der Waals surface area contributed by atoms with Crippen LogP contribution in [0.4, 0.5) is 0 Å². The molecule has 3 aromatic rings. The highest BCUT2D eigenvalue weighted by atomic mass is 32.2. The number of likely N-dealkylation sites (tertiary alicyclic amines) is 1. The molecule has 3 heterocycles. The molecule has 1 fully saturated rings. The number of hydrogen-bond acceptors (Lipinski definition) is 6. The lowest BCUT2D eigenvalue weighted by molar-refractivity contribution is 0.0591. The van der Waals surface area contributed by atoms with E-state index in [1.54, 1.807) is 17.8 Å². The van der Waals surface area contributed by atoms with E-state index in [0.717, 1.165) is 55.0 Å². The molecule has 0 bridgehead atoms. The van der Waals surface area contributed by atoms with Gasteiger partial charge in [0.1, 0.15) is 12.4 Å². The molecule has 2 aromatic heterocycles. The molecule has 0 spiro atoms. The summed E-state index contributed by atoms with van der Waals surface area (Å²) in [4.78, 5) is 20.6. The molecule has 0 unspecified atom stereocenters. The Morgan fingerprint density at radius 1 is 1.23 bits per heavy atom. The summed E-state index contributed by atoms with van der Waals surface area (Å²) >= 11 is 1.63. The van der Waals surface area contributed by atoms with Crippen molar-refractivity contribution in [1.82, 2.24) is 15.0 Å². The zero-order chi connectivity index (χ0) is 21.5. The topological polar surface area (TPSA) is 68.5 Å². The normalized spacial score (nSPS) is 16.3. The summed E-state index contributed by atoms with van der Waals surface area (Å²) in [5.41, 5.74) is 1.41. The summed E-state index contributed by atoms with van der Waals surface area (Å²) in [7, 11) is 0. The van der Waals surface area contributed by atoms with Gasteiger partial charge in [-0.05, 0) is 62.6 Å². The third-order valence-electron chi connectivity index (χ3n) is 5.56. The average Bonchev–Trinajstić information content (AvgIpc) is 3.31. The number of piperidine rings is 1. The first-order valence-electron chi connectivity index (χ1n) is 10.7. The van der Waals surface area contributed by atoms with E-state index in [1.807, 2.05) is 59.8 Å². The Morgan fingerprint density at radius 2 is 2.10 bits per heavy atom. The van der Waals surface area contributed by atoms with E-state index in [1.165, 1.54) is 0 Å². The monoisotopic (exact) mass is 437 g/mol. The lowest BCUT2D eigenvalue weighted by Crippen LogP contribution is -2.44. The number of carbonyl (C=O) groups excluding carboxylic acids is 1. The molecule has 1 aliphatic rings. The van der Waals surface area contributed by atoms with E-state index in [0.29, 0.717) is 11.5 Å². The van der Waals surface area contributed by atoms with Crippen molar-refractivity contribution >= 4 is 17.7 Å². The molecule has 1 amide bonds. The highest BCUT2D eigenvalue weighted by Crippen LogP contribution is 2.28. The van der Waals surface area contributed by atoms with Crippen molar-refractivity contribution in [2.45, 2.75) is 49.6 Å². The van der Waals surface area contributed by atoms with Crippen LogP contribution in [0.3, 0.4) is 0 Å². The molecule has 1 aromatic carbocycles. The molecule has 7 heteroatoms. The lowest BCUT2D eigenvalue weighted by Gasteiger charge is -2.35. The molecule has 0 aliphatic carbocycles. The molecule has 1 saturated heterocycles. The highest BCUT2D eigenvalue weighted by Gasteiger charge is 2.29. The van der Waals surface area contributed by atoms with Gasteiger partial charge >= 0.3 is 0 Å². The van der Waals surface area contributed by atoms with Crippen molar-refractivity contribution in [1.29, 1.82) is 0 Å². The third kappa shape index (κ3) is 5.47. The SMILES string of the molecule is CSc1ccccc1OCc1cc(C(=O)N2CCCC[C@@H]2CCc2ccccn2)no1. The summed E-state index contributed by atoms with van der Waals surface area (Å²) in [5, 5.41) is 4.04. The fraction of sp³-hybridized carbons (Fsp3) is 0.375. The maximum absolute atomic E-state index is 13.2. The van der Waals surface area contributed by atoms with Gasteiger partial charge in [0.2, 0.25) is 0 Å². The van der Waals surface area contributed by atoms with Crippen LogP contribution >= 0.6 is 11.8 Å². The Balaban J connectivity index is 1.38. The number of ether oxygens (including phenoxy) is 1. The van der Waals surface area contributed by atoms with Gasteiger partial charge in [-0.1, -0.05) is 23.4 Å². The van der Waals surface area contributed by atoms with Crippen LogP contribution in [0.15, 0.2) is 64.1 Å². The quantitative estimate of drug-likeness (QED) is 0.462. The van der Waals surface area contributed by atoms with Gasteiger partial charge in [0.05, 0.1) is 0 Å². The Labute approximate surface area is 187 Å². The van der Waals surface area contributed by atoms with Crippen molar-refractivity contribution in [3.63, 3.8) is 0 Å². The number of rotatable bonds is 8. The van der Waals surface area contributed by atoms with Crippen LogP contribution in [0, 0.1) is 0 Å². The maximum atomic E-state index is 13.2. The minimum atomic E-state index is -0.0646. The highest BCUT2D eigenvalue weighted by molar-refractivity contribution is 7.98. The van der Waals surface area contributed by atoms with Crippen LogP contribution < -0.4 is 4.74 Å². The predicted molar refractivity (Wildman–Crippen MR) is 120 cm³/mol. The van der Waals surface area contributed by atoms with Gasteiger partial charge in [0.15, 0.2) is 11.5 Å². The van der Waals surface area contributed by atoms with E-state index in [2.05, 4.69) is 10.1 Å². The zero-order valence-electron chi connectivity index (χ0n) is 17.7. The molecule has 0 N–H and O–H groups in total. The molecular weight excluding hydrogens is 410 g/mol. The van der Waals surface area contributed by atoms with Crippen molar-refractivity contribution in [3.8, 4) is 5.75 Å². The number of aromatic nitrogens is 2. The van der Waals surface area contributed by atoms with Crippen LogP contribution in [0.1, 0.15) is 47.6 Å². The fourth-order valence-corrected chi connectivity index (χ4v) is 4.49. The molecular formula is C24H27N3O3S. The number of carbonyl (C=O) groups is 1. The number of amides is 1. The standard InChI is InChI=1S/C24H27N3O3S/c1-31-23-11-3-2-10-22(23)29-17-20-16-21(26-30-20)24(28)27-15-7-5-9-19(27)13-12-18-8-4-6-14-25-18/h2-4,6,8,10-11,14,16,19H,5,7,9,12-13,15,17H2,1H3/t19-/m1/s1. The molecule has 0 radical (unpaired) electrons. The number of thioether (sulfide) groups is 1. The average molecular weight is 438 g/mol. The fourth-order valence-electron chi connectivity index (χ4n) is 3.94. The van der Waals surface area contributed by atoms with Gasteiger partial charge in [0.25, 0.3) is 5.91 Å². The van der Waals surface area contributed by atoms with Gasteiger partial charge in [-0.2, -0.15) is 0 Å². The first kappa shape index (κ1) is 21.4. The maximum Gasteiger partial charge on any atom is 0.276 e. The first-order valence-corrected chi connectivity index (χ1v) is 11.9. The van der Waals surface area contributed by atoms with E-state index in [-0.39, 0.29) is 18.6 Å². The van der Waals surface area contributed by atoms with E-state index in [9.17, 15) is 4.79 Å². The van der Waals surface area contributed by atoms with Crippen LogP contribution in [0.2, 0.25) is 0 Å². The minimum absolute atomic E-state index is 0.0646. The molecule has 4 rings (SSSR count). The Bertz CT molecular complexity index is 992. The number of aryl methyl sites for hydroxylation is 1. The minimum Gasteiger partial charge on any atom is -0.484 e. The summed E-state index contributed by atoms with van der Waals surface area (Å²) in [6.07, 6.45) is 8.77. The van der Waals surface area contributed by atoms with Gasteiger partial charge in [0, 0.05) is 35.4 Å². The zero-order valence-corrected chi connectivity index (χ0v) is 18.5. The Kier molecular flexibility index (Phi) is 7.25. The van der Waals surface area contributed by atoms with Crippen LogP contribution in [-0.4, -0.2) is 39.8 Å². The molecule has 1 atom stereocenters. The van der Waals surface area contributed by atoms with Crippen molar-refractivity contribution in [2.75, 3.05) is 12.8 Å².